The highest BCUT2D eigenvalue weighted by Crippen LogP contribution is 2.53. The van der Waals surface area contributed by atoms with Crippen LogP contribution in [-0.4, -0.2) is 58.2 Å². The summed E-state index contributed by atoms with van der Waals surface area (Å²) in [6.07, 6.45) is 24.7. The van der Waals surface area contributed by atoms with Crippen LogP contribution < -0.4 is 5.48 Å². The maximum atomic E-state index is 12.9. The van der Waals surface area contributed by atoms with E-state index in [-0.39, 0.29) is 17.7 Å². The van der Waals surface area contributed by atoms with E-state index in [0.29, 0.717) is 37.8 Å². The Morgan fingerprint density at radius 2 is 1.39 bits per heavy atom. The Labute approximate surface area is 265 Å². The van der Waals surface area contributed by atoms with Gasteiger partial charge in [-0.2, -0.15) is 0 Å². The van der Waals surface area contributed by atoms with Gasteiger partial charge in [-0.25, -0.2) is 5.48 Å². The quantitative estimate of drug-likeness (QED) is 0.0953. The predicted octanol–water partition coefficient (Wildman–Crippen LogP) is 7.21. The van der Waals surface area contributed by atoms with Crippen molar-refractivity contribution in [3.8, 4) is 0 Å². The van der Waals surface area contributed by atoms with Gasteiger partial charge in [-0.15, -0.1) is 0 Å². The molecule has 1 amide bonds. The van der Waals surface area contributed by atoms with Gasteiger partial charge in [0.2, 0.25) is 5.91 Å². The van der Waals surface area contributed by atoms with Crippen LogP contribution in [0.3, 0.4) is 0 Å². The van der Waals surface area contributed by atoms with Crippen molar-refractivity contribution < 1.29 is 29.4 Å². The summed E-state index contributed by atoms with van der Waals surface area (Å²) in [7, 11) is 0. The molecule has 44 heavy (non-hydrogen) atoms. The van der Waals surface area contributed by atoms with E-state index in [0.717, 1.165) is 76.2 Å². The number of carbonyl (C=O) groups is 3. The molecule has 250 valence electrons. The van der Waals surface area contributed by atoms with Crippen LogP contribution in [0, 0.1) is 41.4 Å². The number of nitrogens with zero attached hydrogens (tertiary/aromatic N) is 1. The van der Waals surface area contributed by atoms with E-state index in [1.807, 2.05) is 4.90 Å². The third-order valence-corrected chi connectivity index (χ3v) is 12.4. The van der Waals surface area contributed by atoms with E-state index in [1.165, 1.54) is 70.6 Å². The number of carbonyl (C=O) groups excluding carboxylic acids is 1. The first kappa shape index (κ1) is 33.7. The first-order valence-electron chi connectivity index (χ1n) is 18.5. The maximum Gasteiger partial charge on any atom is 0.309 e. The van der Waals surface area contributed by atoms with E-state index < -0.39 is 23.4 Å². The van der Waals surface area contributed by atoms with Crippen molar-refractivity contribution in [1.82, 2.24) is 10.4 Å². The molecule has 1 heterocycles. The van der Waals surface area contributed by atoms with E-state index in [1.54, 1.807) is 0 Å². The molecule has 8 nitrogen and oxygen atoms in total. The zero-order chi connectivity index (χ0) is 30.9. The minimum Gasteiger partial charge on any atom is -0.481 e. The number of carboxylic acids is 2. The standard InChI is InChI=1S/C36H60N2O6/c39-33(40)31-23-28(21-26-11-5-3-6-12-26)15-16-30(31)25-44-37-19-9-1-2-10-20-38-35(43)36(38)18-17-29(24-32(36)34(41)42)22-27-13-7-4-8-14-27/h26-32,37H,1-25H2,(H,39,40)(H,41,42). The Balaban J connectivity index is 0.927. The molecule has 0 aromatic heterocycles. The Bertz CT molecular complexity index is 947. The molecule has 0 aromatic rings. The molecule has 5 aliphatic rings. The third-order valence-electron chi connectivity index (χ3n) is 12.4. The van der Waals surface area contributed by atoms with Crippen LogP contribution in [0.4, 0.5) is 0 Å². The molecular weight excluding hydrogens is 556 g/mol. The topological polar surface area (TPSA) is 116 Å². The summed E-state index contributed by atoms with van der Waals surface area (Å²) in [6.45, 7) is 1.85. The normalized spacial score (nSPS) is 33.5. The Kier molecular flexibility index (Phi) is 12.4. The van der Waals surface area contributed by atoms with Crippen molar-refractivity contribution in [2.75, 3.05) is 19.7 Å². The van der Waals surface area contributed by atoms with Crippen molar-refractivity contribution in [1.29, 1.82) is 0 Å². The van der Waals surface area contributed by atoms with Crippen LogP contribution in [0.5, 0.6) is 0 Å². The largest absolute Gasteiger partial charge is 0.481 e. The molecule has 0 aromatic carbocycles. The minimum atomic E-state index is -0.789. The van der Waals surface area contributed by atoms with Gasteiger partial charge in [0.25, 0.3) is 0 Å². The summed E-state index contributed by atoms with van der Waals surface area (Å²) in [5, 5.41) is 19.9. The average molecular weight is 617 g/mol. The van der Waals surface area contributed by atoms with Crippen LogP contribution in [0.2, 0.25) is 0 Å². The molecule has 6 unspecified atom stereocenters. The van der Waals surface area contributed by atoms with Gasteiger partial charge in [-0.05, 0) is 87.4 Å². The summed E-state index contributed by atoms with van der Waals surface area (Å²) in [4.78, 5) is 44.9. The fourth-order valence-electron chi connectivity index (χ4n) is 9.85. The number of aliphatic carboxylic acids is 2. The number of carboxylic acid groups (broad SMARTS) is 2. The summed E-state index contributed by atoms with van der Waals surface area (Å²) in [6, 6.07) is 0. The van der Waals surface area contributed by atoms with Gasteiger partial charge in [0.05, 0.1) is 18.4 Å². The zero-order valence-electron chi connectivity index (χ0n) is 27.2. The van der Waals surface area contributed by atoms with Crippen LogP contribution in [0.15, 0.2) is 0 Å². The number of amides is 1. The van der Waals surface area contributed by atoms with E-state index in [9.17, 15) is 24.6 Å². The molecule has 8 heteroatoms. The Morgan fingerprint density at radius 3 is 2.02 bits per heavy atom. The summed E-state index contributed by atoms with van der Waals surface area (Å²) >= 11 is 0. The molecule has 6 atom stereocenters. The summed E-state index contributed by atoms with van der Waals surface area (Å²) in [5.74, 6) is 0.405. The molecule has 5 rings (SSSR count). The highest BCUT2D eigenvalue weighted by Gasteiger charge is 2.69. The lowest BCUT2D eigenvalue weighted by molar-refractivity contribution is -0.148. The number of hydrogen-bond acceptors (Lipinski definition) is 5. The van der Waals surface area contributed by atoms with Crippen molar-refractivity contribution in [3.05, 3.63) is 0 Å². The van der Waals surface area contributed by atoms with Crippen LogP contribution in [0.1, 0.15) is 141 Å². The minimum absolute atomic E-state index is 0.0683. The fourth-order valence-corrected chi connectivity index (χ4v) is 9.85. The second-order valence-corrected chi connectivity index (χ2v) is 15.4. The highest BCUT2D eigenvalue weighted by atomic mass is 16.6. The van der Waals surface area contributed by atoms with Crippen LogP contribution >= 0.6 is 0 Å². The number of unbranched alkanes of at least 4 members (excludes halogenated alkanes) is 3. The number of hydroxylamine groups is 1. The molecule has 0 radical (unpaired) electrons. The van der Waals surface area contributed by atoms with Gasteiger partial charge in [-0.3, -0.25) is 14.4 Å². The van der Waals surface area contributed by atoms with Gasteiger partial charge in [0.1, 0.15) is 5.54 Å². The summed E-state index contributed by atoms with van der Waals surface area (Å²) in [5.41, 5.74) is 2.33. The third kappa shape index (κ3) is 8.57. The number of rotatable bonds is 16. The zero-order valence-corrected chi connectivity index (χ0v) is 27.2. The van der Waals surface area contributed by atoms with Gasteiger partial charge >= 0.3 is 11.9 Å². The molecular formula is C36H60N2O6. The highest BCUT2D eigenvalue weighted by molar-refractivity contribution is 6.06. The SMILES string of the molecule is O=C(O)C1CC(CC2CCCCC2)CCC1CONCCCCCCN1C(=O)C12CCC(CC1CCCCC1)CC2C(=O)O. The van der Waals surface area contributed by atoms with Crippen molar-refractivity contribution >= 4 is 17.8 Å². The molecule has 4 aliphatic carbocycles. The Hall–Kier alpha value is -1.67. The predicted molar refractivity (Wildman–Crippen MR) is 170 cm³/mol. The second-order valence-electron chi connectivity index (χ2n) is 15.4. The van der Waals surface area contributed by atoms with Crippen molar-refractivity contribution in [2.24, 2.45) is 41.4 Å². The Morgan fingerprint density at radius 1 is 0.750 bits per heavy atom. The molecule has 1 saturated heterocycles. The van der Waals surface area contributed by atoms with Gasteiger partial charge in [0, 0.05) is 13.1 Å². The monoisotopic (exact) mass is 616 g/mol. The first-order chi connectivity index (χ1) is 21.4. The lowest BCUT2D eigenvalue weighted by Crippen LogP contribution is -2.41. The molecule has 3 N–H and O–H groups in total. The number of nitrogens with one attached hydrogen (secondary N) is 1. The van der Waals surface area contributed by atoms with Gasteiger partial charge < -0.3 is 20.0 Å². The fraction of sp³-hybridized carbons (Fsp3) is 0.917. The van der Waals surface area contributed by atoms with E-state index in [4.69, 9.17) is 4.84 Å². The van der Waals surface area contributed by atoms with E-state index in [2.05, 4.69) is 5.48 Å². The maximum absolute atomic E-state index is 12.9. The summed E-state index contributed by atoms with van der Waals surface area (Å²) < 4.78 is 0. The van der Waals surface area contributed by atoms with Gasteiger partial charge in [0.15, 0.2) is 0 Å². The molecule has 5 fully saturated rings. The number of hydrogen-bond donors (Lipinski definition) is 3. The van der Waals surface area contributed by atoms with E-state index >= 15 is 0 Å². The smallest absolute Gasteiger partial charge is 0.309 e. The van der Waals surface area contributed by atoms with Crippen molar-refractivity contribution in [2.45, 2.75) is 147 Å². The lowest BCUT2D eigenvalue weighted by atomic mass is 9.69. The molecule has 0 bridgehead atoms. The second kappa shape index (κ2) is 16.2. The average Bonchev–Trinajstić information content (AvgIpc) is 3.58. The molecule has 1 spiro atoms. The first-order valence-corrected chi connectivity index (χ1v) is 18.5. The lowest BCUT2D eigenvalue weighted by Gasteiger charge is -2.36. The molecule has 4 saturated carbocycles. The van der Waals surface area contributed by atoms with Gasteiger partial charge in [-0.1, -0.05) is 83.5 Å². The van der Waals surface area contributed by atoms with Crippen LogP contribution in [0.25, 0.3) is 0 Å². The van der Waals surface area contributed by atoms with Crippen molar-refractivity contribution in [3.63, 3.8) is 0 Å². The molecule has 1 aliphatic heterocycles. The van der Waals surface area contributed by atoms with Crippen LogP contribution in [-0.2, 0) is 19.2 Å².